The number of carbonyl (C=O) groups excluding carboxylic acids is 1. The van der Waals surface area contributed by atoms with Gasteiger partial charge in [0.25, 0.3) is 0 Å². The lowest BCUT2D eigenvalue weighted by atomic mass is 10.1. The number of anilines is 1. The van der Waals surface area contributed by atoms with E-state index in [1.165, 1.54) is 5.56 Å². The Labute approximate surface area is 115 Å². The molecule has 4 heteroatoms. The zero-order valence-corrected chi connectivity index (χ0v) is 12.1. The monoisotopic (exact) mass is 261 g/mol. The van der Waals surface area contributed by atoms with Gasteiger partial charge in [-0.05, 0) is 18.1 Å². The Bertz CT molecular complexity index is 437. The first-order valence-corrected chi connectivity index (χ1v) is 7.11. The van der Waals surface area contributed by atoms with E-state index in [9.17, 15) is 4.79 Å². The normalized spacial score (nSPS) is 16.0. The number of nitrogens with zero attached hydrogens (tertiary/aromatic N) is 3. The van der Waals surface area contributed by atoms with Crippen LogP contribution in [-0.2, 0) is 11.2 Å². The molecule has 1 saturated heterocycles. The van der Waals surface area contributed by atoms with Crippen LogP contribution in [-0.4, -0.2) is 42.0 Å². The highest BCUT2D eigenvalue weighted by Crippen LogP contribution is 2.19. The van der Waals surface area contributed by atoms with Crippen LogP contribution in [0, 0.1) is 5.92 Å². The summed E-state index contributed by atoms with van der Waals surface area (Å²) >= 11 is 0. The van der Waals surface area contributed by atoms with Gasteiger partial charge in [-0.25, -0.2) is 4.98 Å². The van der Waals surface area contributed by atoms with Gasteiger partial charge >= 0.3 is 0 Å². The van der Waals surface area contributed by atoms with E-state index < -0.39 is 0 Å². The van der Waals surface area contributed by atoms with Crippen LogP contribution in [0.4, 0.5) is 5.82 Å². The van der Waals surface area contributed by atoms with Crippen molar-refractivity contribution >= 4 is 11.7 Å². The SMILES string of the molecule is CCc1cccnc1N1CCN(C(=O)C(C)C)CC1. The zero-order chi connectivity index (χ0) is 13.8. The van der Waals surface area contributed by atoms with Gasteiger partial charge in [0.2, 0.25) is 5.91 Å². The summed E-state index contributed by atoms with van der Waals surface area (Å²) in [5.41, 5.74) is 1.28. The van der Waals surface area contributed by atoms with Gasteiger partial charge in [0.15, 0.2) is 0 Å². The molecule has 0 saturated carbocycles. The summed E-state index contributed by atoms with van der Waals surface area (Å²) in [5, 5.41) is 0. The lowest BCUT2D eigenvalue weighted by Crippen LogP contribution is -2.50. The van der Waals surface area contributed by atoms with E-state index in [1.54, 1.807) is 0 Å². The Hall–Kier alpha value is -1.58. The molecule has 104 valence electrons. The maximum atomic E-state index is 12.0. The molecule has 0 spiro atoms. The first-order chi connectivity index (χ1) is 9.13. The Morgan fingerprint density at radius 3 is 2.58 bits per heavy atom. The third-order valence-corrected chi connectivity index (χ3v) is 3.63. The van der Waals surface area contributed by atoms with Gasteiger partial charge < -0.3 is 9.80 Å². The fraction of sp³-hybridized carbons (Fsp3) is 0.600. The topological polar surface area (TPSA) is 36.4 Å². The predicted octanol–water partition coefficient (Wildman–Crippen LogP) is 1.95. The second-order valence-corrected chi connectivity index (χ2v) is 5.31. The van der Waals surface area contributed by atoms with E-state index in [0.717, 1.165) is 38.4 Å². The quantitative estimate of drug-likeness (QED) is 0.834. The average molecular weight is 261 g/mol. The van der Waals surface area contributed by atoms with Crippen LogP contribution < -0.4 is 4.90 Å². The van der Waals surface area contributed by atoms with Crippen molar-refractivity contribution < 1.29 is 4.79 Å². The van der Waals surface area contributed by atoms with Gasteiger partial charge in [0.1, 0.15) is 5.82 Å². The van der Waals surface area contributed by atoms with Gasteiger partial charge in [-0.15, -0.1) is 0 Å². The van der Waals surface area contributed by atoms with E-state index in [2.05, 4.69) is 22.9 Å². The van der Waals surface area contributed by atoms with Crippen molar-refractivity contribution in [2.45, 2.75) is 27.2 Å². The molecular weight excluding hydrogens is 238 g/mol. The van der Waals surface area contributed by atoms with Crippen LogP contribution in [0.2, 0.25) is 0 Å². The lowest BCUT2D eigenvalue weighted by Gasteiger charge is -2.36. The molecule has 0 aliphatic carbocycles. The molecule has 0 atom stereocenters. The van der Waals surface area contributed by atoms with Crippen molar-refractivity contribution in [3.8, 4) is 0 Å². The van der Waals surface area contributed by atoms with Crippen molar-refractivity contribution in [3.05, 3.63) is 23.9 Å². The molecule has 0 radical (unpaired) electrons. The van der Waals surface area contributed by atoms with Crippen LogP contribution >= 0.6 is 0 Å². The Kier molecular flexibility index (Phi) is 4.40. The third kappa shape index (κ3) is 3.06. The summed E-state index contributed by atoms with van der Waals surface area (Å²) in [4.78, 5) is 20.7. The standard InChI is InChI=1S/C15H23N3O/c1-4-13-6-5-7-16-14(13)17-8-10-18(11-9-17)15(19)12(2)3/h5-7,12H,4,8-11H2,1-3H3. The Balaban J connectivity index is 2.02. The molecule has 2 heterocycles. The van der Waals surface area contributed by atoms with Gasteiger partial charge in [-0.1, -0.05) is 26.8 Å². The average Bonchev–Trinajstić information content (AvgIpc) is 2.46. The van der Waals surface area contributed by atoms with Gasteiger partial charge in [-0.3, -0.25) is 4.79 Å². The Morgan fingerprint density at radius 1 is 1.32 bits per heavy atom. The number of pyridine rings is 1. The van der Waals surface area contributed by atoms with Crippen molar-refractivity contribution in [2.24, 2.45) is 5.92 Å². The largest absolute Gasteiger partial charge is 0.353 e. The maximum absolute atomic E-state index is 12.0. The van der Waals surface area contributed by atoms with E-state index in [0.29, 0.717) is 0 Å². The van der Waals surface area contributed by atoms with Gasteiger partial charge in [0, 0.05) is 38.3 Å². The summed E-state index contributed by atoms with van der Waals surface area (Å²) < 4.78 is 0. The van der Waals surface area contributed by atoms with Crippen molar-refractivity contribution in [3.63, 3.8) is 0 Å². The fourth-order valence-electron chi connectivity index (χ4n) is 2.49. The second-order valence-electron chi connectivity index (χ2n) is 5.31. The van der Waals surface area contributed by atoms with Crippen molar-refractivity contribution in [1.82, 2.24) is 9.88 Å². The van der Waals surface area contributed by atoms with E-state index >= 15 is 0 Å². The second kappa shape index (κ2) is 6.04. The first-order valence-electron chi connectivity index (χ1n) is 7.11. The number of aromatic nitrogens is 1. The summed E-state index contributed by atoms with van der Waals surface area (Å²) in [6, 6.07) is 4.12. The molecule has 0 unspecified atom stereocenters. The molecule has 1 amide bonds. The molecule has 0 N–H and O–H groups in total. The summed E-state index contributed by atoms with van der Waals surface area (Å²) in [7, 11) is 0. The highest BCUT2D eigenvalue weighted by molar-refractivity contribution is 5.78. The molecule has 0 aromatic carbocycles. The number of hydrogen-bond donors (Lipinski definition) is 0. The van der Waals surface area contributed by atoms with Crippen LogP contribution in [0.3, 0.4) is 0 Å². The molecule has 1 aromatic heterocycles. The molecular formula is C15H23N3O. The van der Waals surface area contributed by atoms with Crippen LogP contribution in [0.1, 0.15) is 26.3 Å². The van der Waals surface area contributed by atoms with E-state index in [-0.39, 0.29) is 11.8 Å². The molecule has 0 bridgehead atoms. The molecule has 1 aliphatic heterocycles. The zero-order valence-electron chi connectivity index (χ0n) is 12.1. The minimum atomic E-state index is 0.0904. The molecule has 4 nitrogen and oxygen atoms in total. The van der Waals surface area contributed by atoms with E-state index in [4.69, 9.17) is 0 Å². The van der Waals surface area contributed by atoms with Gasteiger partial charge in [0.05, 0.1) is 0 Å². The molecule has 1 aliphatic rings. The molecule has 1 aromatic rings. The smallest absolute Gasteiger partial charge is 0.225 e. The van der Waals surface area contributed by atoms with Crippen LogP contribution in [0.15, 0.2) is 18.3 Å². The summed E-state index contributed by atoms with van der Waals surface area (Å²) in [6.45, 7) is 9.43. The number of amides is 1. The first kappa shape index (κ1) is 13.8. The Morgan fingerprint density at radius 2 is 2.00 bits per heavy atom. The highest BCUT2D eigenvalue weighted by Gasteiger charge is 2.24. The van der Waals surface area contributed by atoms with Crippen LogP contribution in [0.25, 0.3) is 0 Å². The summed E-state index contributed by atoms with van der Waals surface area (Å²) in [6.07, 6.45) is 2.84. The minimum absolute atomic E-state index is 0.0904. The van der Waals surface area contributed by atoms with Gasteiger partial charge in [-0.2, -0.15) is 0 Å². The maximum Gasteiger partial charge on any atom is 0.225 e. The minimum Gasteiger partial charge on any atom is -0.353 e. The molecule has 2 rings (SSSR count). The van der Waals surface area contributed by atoms with Crippen LogP contribution in [0.5, 0.6) is 0 Å². The number of rotatable bonds is 3. The lowest BCUT2D eigenvalue weighted by molar-refractivity contribution is -0.134. The predicted molar refractivity (Wildman–Crippen MR) is 77.2 cm³/mol. The number of piperazine rings is 1. The van der Waals surface area contributed by atoms with Crippen molar-refractivity contribution in [1.29, 1.82) is 0 Å². The van der Waals surface area contributed by atoms with E-state index in [1.807, 2.05) is 31.0 Å². The third-order valence-electron chi connectivity index (χ3n) is 3.63. The molecule has 19 heavy (non-hydrogen) atoms. The highest BCUT2D eigenvalue weighted by atomic mass is 16.2. The molecule has 1 fully saturated rings. The number of carbonyl (C=O) groups is 1. The van der Waals surface area contributed by atoms with Crippen molar-refractivity contribution in [2.75, 3.05) is 31.1 Å². The number of aryl methyl sites for hydroxylation is 1. The summed E-state index contributed by atoms with van der Waals surface area (Å²) in [5.74, 6) is 1.44. The fourth-order valence-corrected chi connectivity index (χ4v) is 2.49. The number of hydrogen-bond acceptors (Lipinski definition) is 3.